The van der Waals surface area contributed by atoms with Gasteiger partial charge in [-0.1, -0.05) is 12.1 Å². The number of phenols is 1. The zero-order valence-corrected chi connectivity index (χ0v) is 12.6. The number of aromatic hydroxyl groups is 1. The smallest absolute Gasteiger partial charge is 0.277 e. The molecule has 1 heterocycles. The van der Waals surface area contributed by atoms with Crippen LogP contribution >= 0.6 is 0 Å². The van der Waals surface area contributed by atoms with E-state index in [1.165, 1.54) is 18.2 Å². The lowest BCUT2D eigenvalue weighted by atomic mass is 10.2. The fraction of sp³-hybridized carbons (Fsp3) is 0.0588. The van der Waals surface area contributed by atoms with Crippen LogP contribution in [0.4, 0.5) is 18.9 Å². The van der Waals surface area contributed by atoms with Crippen molar-refractivity contribution in [3.63, 3.8) is 0 Å². The number of anilines is 1. The van der Waals surface area contributed by atoms with Crippen LogP contribution in [0, 0.1) is 17.5 Å². The molecule has 1 aliphatic rings. The lowest BCUT2D eigenvalue weighted by Crippen LogP contribution is -2.31. The van der Waals surface area contributed by atoms with Gasteiger partial charge in [0.05, 0.1) is 6.54 Å². The first kappa shape index (κ1) is 16.6. The third kappa shape index (κ3) is 3.32. The third-order valence-electron chi connectivity index (χ3n) is 3.54. The summed E-state index contributed by atoms with van der Waals surface area (Å²) in [4.78, 5) is 25.1. The second-order valence-corrected chi connectivity index (χ2v) is 5.33. The maximum Gasteiger partial charge on any atom is 0.277 e. The van der Waals surface area contributed by atoms with Gasteiger partial charge in [-0.2, -0.15) is 0 Å². The molecule has 1 aliphatic heterocycles. The molecule has 0 radical (unpaired) electrons. The minimum Gasteiger partial charge on any atom is -0.503 e. The number of imide groups is 1. The monoisotopic (exact) mass is 348 g/mol. The third-order valence-corrected chi connectivity index (χ3v) is 3.54. The summed E-state index contributed by atoms with van der Waals surface area (Å²) in [5.41, 5.74) is 0.0803. The van der Waals surface area contributed by atoms with Crippen molar-refractivity contribution in [2.75, 3.05) is 5.32 Å². The first-order chi connectivity index (χ1) is 11.8. The summed E-state index contributed by atoms with van der Waals surface area (Å²) in [5, 5.41) is 11.5. The van der Waals surface area contributed by atoms with Crippen LogP contribution in [-0.4, -0.2) is 21.8 Å². The second-order valence-electron chi connectivity index (χ2n) is 5.33. The largest absolute Gasteiger partial charge is 0.503 e. The van der Waals surface area contributed by atoms with Crippen molar-refractivity contribution in [1.82, 2.24) is 4.90 Å². The number of hydrogen-bond donors (Lipinski definition) is 2. The lowest BCUT2D eigenvalue weighted by molar-refractivity contribution is -0.137. The van der Waals surface area contributed by atoms with E-state index in [0.717, 1.165) is 23.1 Å². The van der Waals surface area contributed by atoms with E-state index in [1.807, 2.05) is 0 Å². The predicted molar refractivity (Wildman–Crippen MR) is 81.7 cm³/mol. The lowest BCUT2D eigenvalue weighted by Gasteiger charge is -2.15. The maximum absolute atomic E-state index is 13.3. The number of nitrogens with zero attached hydrogens (tertiary/aromatic N) is 1. The van der Waals surface area contributed by atoms with E-state index in [0.29, 0.717) is 5.56 Å². The van der Waals surface area contributed by atoms with Crippen LogP contribution in [0.3, 0.4) is 0 Å². The summed E-state index contributed by atoms with van der Waals surface area (Å²) < 4.78 is 39.9. The molecule has 5 nitrogen and oxygen atoms in total. The van der Waals surface area contributed by atoms with E-state index >= 15 is 0 Å². The average molecular weight is 348 g/mol. The fourth-order valence-corrected chi connectivity index (χ4v) is 2.36. The zero-order chi connectivity index (χ0) is 18.1. The van der Waals surface area contributed by atoms with E-state index in [4.69, 9.17) is 5.11 Å². The number of amides is 2. The van der Waals surface area contributed by atoms with Gasteiger partial charge < -0.3 is 10.4 Å². The molecule has 3 rings (SSSR count). The molecule has 0 aromatic heterocycles. The van der Waals surface area contributed by atoms with Crippen molar-refractivity contribution in [3.8, 4) is 5.75 Å². The molecule has 25 heavy (non-hydrogen) atoms. The molecular weight excluding hydrogens is 337 g/mol. The first-order valence-electron chi connectivity index (χ1n) is 7.12. The van der Waals surface area contributed by atoms with Crippen LogP contribution in [0.5, 0.6) is 5.75 Å². The number of hydrogen-bond acceptors (Lipinski definition) is 4. The van der Waals surface area contributed by atoms with E-state index in [-0.39, 0.29) is 17.9 Å². The van der Waals surface area contributed by atoms with E-state index < -0.39 is 35.0 Å². The van der Waals surface area contributed by atoms with E-state index in [2.05, 4.69) is 5.32 Å². The van der Waals surface area contributed by atoms with Gasteiger partial charge in [-0.15, -0.1) is 0 Å². The Kier molecular flexibility index (Phi) is 4.18. The summed E-state index contributed by atoms with van der Waals surface area (Å²) in [6.45, 7) is -0.143. The number of benzene rings is 2. The Labute approximate surface area is 140 Å². The van der Waals surface area contributed by atoms with Crippen molar-refractivity contribution in [2.45, 2.75) is 6.54 Å². The van der Waals surface area contributed by atoms with Crippen molar-refractivity contribution < 1.29 is 27.9 Å². The second kappa shape index (κ2) is 6.31. The summed E-state index contributed by atoms with van der Waals surface area (Å²) in [6, 6.07) is 7.00. The van der Waals surface area contributed by atoms with Crippen LogP contribution in [0.25, 0.3) is 0 Å². The molecule has 2 amide bonds. The molecular formula is C17H11F3N2O3. The molecule has 0 fully saturated rings. The van der Waals surface area contributed by atoms with Gasteiger partial charge in [-0.25, -0.2) is 13.2 Å². The molecule has 2 aromatic carbocycles. The Morgan fingerprint density at radius 3 is 2.36 bits per heavy atom. The molecule has 0 saturated carbocycles. The highest BCUT2D eigenvalue weighted by Gasteiger charge is 2.31. The summed E-state index contributed by atoms with van der Waals surface area (Å²) >= 11 is 0. The van der Waals surface area contributed by atoms with E-state index in [9.17, 15) is 22.8 Å². The minimum atomic E-state index is -1.21. The Bertz CT molecular complexity index is 889. The van der Waals surface area contributed by atoms with Gasteiger partial charge in [0.25, 0.3) is 11.8 Å². The van der Waals surface area contributed by atoms with Gasteiger partial charge in [0.1, 0.15) is 11.5 Å². The molecule has 128 valence electrons. The summed E-state index contributed by atoms with van der Waals surface area (Å²) in [6.07, 6.45) is 0.976. The van der Waals surface area contributed by atoms with E-state index in [1.54, 1.807) is 6.07 Å². The molecule has 8 heteroatoms. The van der Waals surface area contributed by atoms with Gasteiger partial charge in [0, 0.05) is 23.9 Å². The molecule has 2 N–H and O–H groups in total. The number of carbonyl (C=O) groups excluding carboxylic acids is 2. The Morgan fingerprint density at radius 1 is 1.04 bits per heavy atom. The highest BCUT2D eigenvalue weighted by molar-refractivity contribution is 6.17. The van der Waals surface area contributed by atoms with Gasteiger partial charge >= 0.3 is 0 Å². The fourth-order valence-electron chi connectivity index (χ4n) is 2.36. The number of nitrogens with one attached hydrogen (secondary N) is 1. The Hall–Kier alpha value is -3.29. The quantitative estimate of drug-likeness (QED) is 0.658. The van der Waals surface area contributed by atoms with Crippen LogP contribution in [0.2, 0.25) is 0 Å². The van der Waals surface area contributed by atoms with Crippen molar-refractivity contribution in [2.24, 2.45) is 0 Å². The summed E-state index contributed by atoms with van der Waals surface area (Å²) in [5.74, 6) is -5.42. The van der Waals surface area contributed by atoms with Crippen molar-refractivity contribution in [1.29, 1.82) is 0 Å². The molecule has 0 spiro atoms. The van der Waals surface area contributed by atoms with Crippen molar-refractivity contribution >= 4 is 17.5 Å². The van der Waals surface area contributed by atoms with Gasteiger partial charge in [0.15, 0.2) is 17.4 Å². The molecule has 0 bridgehead atoms. The topological polar surface area (TPSA) is 69.6 Å². The maximum atomic E-state index is 13.3. The number of halogens is 3. The van der Waals surface area contributed by atoms with Gasteiger partial charge in [-0.3, -0.25) is 14.5 Å². The molecule has 0 unspecified atom stereocenters. The normalized spacial score (nSPS) is 14.0. The van der Waals surface area contributed by atoms with Gasteiger partial charge in [0.2, 0.25) is 0 Å². The Balaban J connectivity index is 1.78. The predicted octanol–water partition coefficient (Wildman–Crippen LogP) is 2.67. The van der Waals surface area contributed by atoms with Crippen LogP contribution < -0.4 is 5.32 Å². The molecule has 2 aromatic rings. The van der Waals surface area contributed by atoms with Crippen LogP contribution in [0.15, 0.2) is 48.2 Å². The first-order valence-corrected chi connectivity index (χ1v) is 7.12. The number of carbonyl (C=O) groups is 2. The zero-order valence-electron chi connectivity index (χ0n) is 12.6. The van der Waals surface area contributed by atoms with Gasteiger partial charge in [-0.05, 0) is 17.7 Å². The SMILES string of the molecule is O=C1C=C(Nc2cc(F)c(O)c(F)c2)C(=O)N1Cc1cccc(F)c1. The number of rotatable bonds is 4. The van der Waals surface area contributed by atoms with Crippen LogP contribution in [-0.2, 0) is 16.1 Å². The highest BCUT2D eigenvalue weighted by Crippen LogP contribution is 2.26. The summed E-state index contributed by atoms with van der Waals surface area (Å²) in [7, 11) is 0. The Morgan fingerprint density at radius 2 is 1.72 bits per heavy atom. The molecule has 0 atom stereocenters. The standard InChI is InChI=1S/C17H11F3N2O3/c18-10-3-1-2-9(4-10)8-22-15(23)7-14(17(22)25)21-11-5-12(19)16(24)13(20)6-11/h1-7,21,24H,8H2. The highest BCUT2D eigenvalue weighted by atomic mass is 19.1. The minimum absolute atomic E-state index is 0.143. The molecule has 0 saturated heterocycles. The number of phenolic OH excluding ortho intramolecular Hbond substituents is 1. The molecule has 0 aliphatic carbocycles. The van der Waals surface area contributed by atoms with Crippen LogP contribution in [0.1, 0.15) is 5.56 Å². The average Bonchev–Trinajstić information content (AvgIpc) is 2.80. The van der Waals surface area contributed by atoms with Crippen molar-refractivity contribution in [3.05, 3.63) is 71.2 Å².